The molecule has 0 spiro atoms. The minimum atomic E-state index is -3.52. The fraction of sp³-hybridized carbons (Fsp3) is 0.333. The fourth-order valence-electron chi connectivity index (χ4n) is 1.48. The highest BCUT2D eigenvalue weighted by atomic mass is 35.7. The number of halogens is 1. The Hall–Kier alpha value is -0.740. The van der Waals surface area contributed by atoms with Crippen molar-refractivity contribution >= 4 is 19.7 Å². The molecule has 1 atom stereocenters. The summed E-state index contributed by atoms with van der Waals surface area (Å²) in [6.45, 7) is 0.142. The van der Waals surface area contributed by atoms with E-state index in [0.717, 1.165) is 11.3 Å². The van der Waals surface area contributed by atoms with Crippen LogP contribution < -0.4 is 4.74 Å². The third-order valence-corrected chi connectivity index (χ3v) is 4.10. The maximum Gasteiger partial charge on any atom is 0.239 e. The molecule has 1 heterocycles. The average molecular weight is 233 g/mol. The van der Waals surface area contributed by atoms with Crippen molar-refractivity contribution in [2.75, 3.05) is 6.61 Å². The summed E-state index contributed by atoms with van der Waals surface area (Å²) in [7, 11) is 1.75. The minimum Gasteiger partial charge on any atom is -0.492 e. The molecule has 2 rings (SSSR count). The highest BCUT2D eigenvalue weighted by Crippen LogP contribution is 2.27. The maximum absolute atomic E-state index is 11.1. The second kappa shape index (κ2) is 3.44. The van der Waals surface area contributed by atoms with Crippen LogP contribution in [0.25, 0.3) is 0 Å². The number of fused-ring (bicyclic) bond motifs is 1. The Kier molecular flexibility index (Phi) is 2.41. The fourth-order valence-corrected chi connectivity index (χ4v) is 2.43. The monoisotopic (exact) mass is 232 g/mol. The van der Waals surface area contributed by atoms with E-state index in [9.17, 15) is 8.42 Å². The summed E-state index contributed by atoms with van der Waals surface area (Å²) >= 11 is 0. The molecule has 0 N–H and O–H groups in total. The highest BCUT2D eigenvalue weighted by molar-refractivity contribution is 8.14. The van der Waals surface area contributed by atoms with Crippen LogP contribution >= 0.6 is 10.7 Å². The second-order valence-corrected chi connectivity index (χ2v) is 6.13. The zero-order valence-electron chi connectivity index (χ0n) is 7.31. The summed E-state index contributed by atoms with van der Waals surface area (Å²) < 4.78 is 27.5. The van der Waals surface area contributed by atoms with Crippen molar-refractivity contribution in [3.05, 3.63) is 29.8 Å². The number of ether oxygens (including phenoxy) is 1. The molecule has 0 fully saturated rings. The van der Waals surface area contributed by atoms with Crippen LogP contribution in [0, 0.1) is 0 Å². The number of para-hydroxylation sites is 1. The first-order chi connectivity index (χ1) is 6.57. The van der Waals surface area contributed by atoms with Crippen LogP contribution in [0.3, 0.4) is 0 Å². The van der Waals surface area contributed by atoms with Crippen molar-refractivity contribution in [1.82, 2.24) is 0 Å². The molecule has 0 saturated carbocycles. The van der Waals surface area contributed by atoms with E-state index >= 15 is 0 Å². The van der Waals surface area contributed by atoms with E-state index in [1.165, 1.54) is 0 Å². The van der Waals surface area contributed by atoms with Gasteiger partial charge in [-0.3, -0.25) is 0 Å². The molecule has 76 valence electrons. The predicted octanol–water partition coefficient (Wildman–Crippen LogP) is 1.56. The Morgan fingerprint density at radius 1 is 1.36 bits per heavy atom. The maximum atomic E-state index is 11.1. The van der Waals surface area contributed by atoms with Gasteiger partial charge in [-0.25, -0.2) is 8.42 Å². The zero-order chi connectivity index (χ0) is 10.2. The van der Waals surface area contributed by atoms with Gasteiger partial charge in [-0.1, -0.05) is 18.2 Å². The topological polar surface area (TPSA) is 43.4 Å². The molecule has 1 aromatic carbocycles. The lowest BCUT2D eigenvalue weighted by molar-refractivity contribution is 0.290. The lowest BCUT2D eigenvalue weighted by atomic mass is 10.1. The SMILES string of the molecule is O=S(=O)(Cl)C1COc2ccccc2C1. The van der Waals surface area contributed by atoms with Crippen molar-refractivity contribution in [2.45, 2.75) is 11.7 Å². The van der Waals surface area contributed by atoms with Crippen LogP contribution in [-0.4, -0.2) is 20.3 Å². The Morgan fingerprint density at radius 3 is 2.79 bits per heavy atom. The van der Waals surface area contributed by atoms with Crippen LogP contribution in [0.2, 0.25) is 0 Å². The van der Waals surface area contributed by atoms with Crippen molar-refractivity contribution in [3.8, 4) is 5.75 Å². The highest BCUT2D eigenvalue weighted by Gasteiger charge is 2.29. The first-order valence-corrected chi connectivity index (χ1v) is 6.59. The summed E-state index contributed by atoms with van der Waals surface area (Å²) in [6.07, 6.45) is 0.433. The van der Waals surface area contributed by atoms with Crippen molar-refractivity contribution in [1.29, 1.82) is 0 Å². The van der Waals surface area contributed by atoms with Gasteiger partial charge < -0.3 is 4.74 Å². The molecule has 0 bridgehead atoms. The summed E-state index contributed by atoms with van der Waals surface area (Å²) in [5.41, 5.74) is 0.896. The molecule has 1 aromatic rings. The largest absolute Gasteiger partial charge is 0.492 e. The Bertz CT molecular complexity index is 441. The minimum absolute atomic E-state index is 0.142. The summed E-state index contributed by atoms with van der Waals surface area (Å²) in [6, 6.07) is 7.38. The van der Waals surface area contributed by atoms with Crippen molar-refractivity contribution < 1.29 is 13.2 Å². The van der Waals surface area contributed by atoms with Gasteiger partial charge >= 0.3 is 0 Å². The quantitative estimate of drug-likeness (QED) is 0.691. The average Bonchev–Trinajstić information content (AvgIpc) is 2.16. The smallest absolute Gasteiger partial charge is 0.239 e. The van der Waals surface area contributed by atoms with E-state index in [0.29, 0.717) is 6.42 Å². The van der Waals surface area contributed by atoms with Crippen LogP contribution in [0.5, 0.6) is 5.75 Å². The van der Waals surface area contributed by atoms with Gasteiger partial charge in [-0.2, -0.15) is 0 Å². The molecular formula is C9H9ClO3S. The van der Waals surface area contributed by atoms with Crippen molar-refractivity contribution in [2.24, 2.45) is 0 Å². The lowest BCUT2D eigenvalue weighted by Gasteiger charge is -2.22. The molecular weight excluding hydrogens is 224 g/mol. The normalized spacial score (nSPS) is 21.1. The van der Waals surface area contributed by atoms with E-state index in [1.807, 2.05) is 24.3 Å². The van der Waals surface area contributed by atoms with Gasteiger partial charge in [0.15, 0.2) is 0 Å². The van der Waals surface area contributed by atoms with Gasteiger partial charge in [0.2, 0.25) is 9.05 Å². The van der Waals surface area contributed by atoms with E-state index in [2.05, 4.69) is 0 Å². The number of hydrogen-bond acceptors (Lipinski definition) is 3. The molecule has 0 aliphatic carbocycles. The van der Waals surface area contributed by atoms with Crippen LogP contribution in [0.15, 0.2) is 24.3 Å². The Labute approximate surface area is 87.1 Å². The summed E-state index contributed by atoms with van der Waals surface area (Å²) in [5, 5.41) is -0.626. The molecule has 3 nitrogen and oxygen atoms in total. The Balaban J connectivity index is 2.30. The second-order valence-electron chi connectivity index (χ2n) is 3.22. The standard InChI is InChI=1S/C9H9ClO3S/c10-14(11,12)8-5-7-3-1-2-4-9(7)13-6-8/h1-4,8H,5-6H2. The van der Waals surface area contributed by atoms with Crippen molar-refractivity contribution in [3.63, 3.8) is 0 Å². The predicted molar refractivity (Wildman–Crippen MR) is 54.2 cm³/mol. The van der Waals surface area contributed by atoms with Crippen LogP contribution in [-0.2, 0) is 15.5 Å². The molecule has 14 heavy (non-hydrogen) atoms. The molecule has 1 unspecified atom stereocenters. The van der Waals surface area contributed by atoms with E-state index in [-0.39, 0.29) is 6.61 Å². The number of rotatable bonds is 1. The molecule has 0 aromatic heterocycles. The van der Waals surface area contributed by atoms with E-state index in [1.54, 1.807) is 0 Å². The van der Waals surface area contributed by atoms with Crippen LogP contribution in [0.1, 0.15) is 5.56 Å². The van der Waals surface area contributed by atoms with Crippen LogP contribution in [0.4, 0.5) is 0 Å². The zero-order valence-corrected chi connectivity index (χ0v) is 8.88. The molecule has 0 saturated heterocycles. The van der Waals surface area contributed by atoms with Gasteiger partial charge in [0.25, 0.3) is 0 Å². The first kappa shape index (κ1) is 9.80. The van der Waals surface area contributed by atoms with E-state index in [4.69, 9.17) is 15.4 Å². The first-order valence-electron chi connectivity index (χ1n) is 4.21. The number of benzene rings is 1. The Morgan fingerprint density at radius 2 is 2.07 bits per heavy atom. The third kappa shape index (κ3) is 1.86. The van der Waals surface area contributed by atoms with Gasteiger partial charge in [0.05, 0.1) is 0 Å². The van der Waals surface area contributed by atoms with E-state index < -0.39 is 14.3 Å². The molecule has 1 aliphatic rings. The molecule has 0 amide bonds. The summed E-state index contributed by atoms with van der Waals surface area (Å²) in [5.74, 6) is 0.754. The molecule has 1 aliphatic heterocycles. The van der Waals surface area contributed by atoms with Gasteiger partial charge in [0, 0.05) is 10.7 Å². The molecule has 5 heteroatoms. The third-order valence-electron chi connectivity index (χ3n) is 2.24. The van der Waals surface area contributed by atoms with Gasteiger partial charge in [-0.05, 0) is 18.1 Å². The number of hydrogen-bond donors (Lipinski definition) is 0. The van der Waals surface area contributed by atoms with Gasteiger partial charge in [-0.15, -0.1) is 0 Å². The summed E-state index contributed by atoms with van der Waals surface area (Å²) in [4.78, 5) is 0. The van der Waals surface area contributed by atoms with Gasteiger partial charge in [0.1, 0.15) is 17.6 Å². The lowest BCUT2D eigenvalue weighted by Crippen LogP contribution is -2.30. The molecule has 0 radical (unpaired) electrons.